The van der Waals surface area contributed by atoms with Gasteiger partial charge in [0, 0.05) is 13.2 Å². The standard InChI is InChI=1S/C40H56O7Si/c1-30(2)48(31(3)4,47-35-24-16-9-17-25-35)45-29-36-37(42-26-32-18-10-6-11-19-32)38(43-27-33-20-12-7-13-21-33)39(40(41-5)46-36)44-28-34-22-14-8-15-23-34/h6-8,10-15,18-23,30-31,35-40H,9,16-17,24-29H2,1-5H3/t36-,37-,38+,39-,40+/m1/s1. The van der Waals surface area contributed by atoms with Crippen LogP contribution in [0.4, 0.5) is 0 Å². The molecular formula is C40H56O7Si. The highest BCUT2D eigenvalue weighted by atomic mass is 28.4. The Balaban J connectivity index is 1.44. The molecule has 1 saturated heterocycles. The molecule has 1 aliphatic carbocycles. The smallest absolute Gasteiger partial charge is 0.343 e. The van der Waals surface area contributed by atoms with Crippen LogP contribution in [0.25, 0.3) is 0 Å². The first-order chi connectivity index (χ1) is 23.4. The fourth-order valence-corrected chi connectivity index (χ4v) is 10.8. The van der Waals surface area contributed by atoms with E-state index in [9.17, 15) is 0 Å². The average molecular weight is 677 g/mol. The summed E-state index contributed by atoms with van der Waals surface area (Å²) in [6.45, 7) is 10.5. The number of methoxy groups -OCH3 is 1. The number of hydrogen-bond acceptors (Lipinski definition) is 7. The second-order valence-electron chi connectivity index (χ2n) is 13.8. The predicted molar refractivity (Wildman–Crippen MR) is 191 cm³/mol. The van der Waals surface area contributed by atoms with Gasteiger partial charge in [-0.15, -0.1) is 0 Å². The van der Waals surface area contributed by atoms with Crippen LogP contribution in [0.2, 0.25) is 11.1 Å². The normalized spacial score (nSPS) is 23.9. The first kappa shape index (κ1) is 36.9. The summed E-state index contributed by atoms with van der Waals surface area (Å²) in [4.78, 5) is 0. The predicted octanol–water partition coefficient (Wildman–Crippen LogP) is 8.74. The van der Waals surface area contributed by atoms with Crippen molar-refractivity contribution in [3.05, 3.63) is 108 Å². The van der Waals surface area contributed by atoms with Crippen LogP contribution in [-0.4, -0.2) is 59.1 Å². The van der Waals surface area contributed by atoms with E-state index in [1.165, 1.54) is 19.3 Å². The minimum Gasteiger partial charge on any atom is -0.391 e. The van der Waals surface area contributed by atoms with Gasteiger partial charge in [-0.3, -0.25) is 0 Å². The van der Waals surface area contributed by atoms with E-state index in [2.05, 4.69) is 64.1 Å². The van der Waals surface area contributed by atoms with E-state index in [0.717, 1.165) is 29.5 Å². The van der Waals surface area contributed by atoms with Crippen molar-refractivity contribution < 1.29 is 32.5 Å². The van der Waals surface area contributed by atoms with Gasteiger partial charge in [0.1, 0.15) is 24.4 Å². The summed E-state index contributed by atoms with van der Waals surface area (Å²) in [5.74, 6) is 0. The van der Waals surface area contributed by atoms with Crippen LogP contribution < -0.4 is 0 Å². The van der Waals surface area contributed by atoms with Crippen LogP contribution in [0.5, 0.6) is 0 Å². The first-order valence-electron chi connectivity index (χ1n) is 17.9. The lowest BCUT2D eigenvalue weighted by Crippen LogP contribution is -2.62. The van der Waals surface area contributed by atoms with E-state index >= 15 is 0 Å². The highest BCUT2D eigenvalue weighted by molar-refractivity contribution is 6.70. The van der Waals surface area contributed by atoms with Crippen LogP contribution in [-0.2, 0) is 52.4 Å². The number of benzene rings is 3. The molecule has 2 aliphatic rings. The van der Waals surface area contributed by atoms with Crippen LogP contribution >= 0.6 is 0 Å². The SMILES string of the molecule is CO[C@H]1O[C@H](CO[Si](OC2CCCCC2)(C(C)C)C(C)C)[C@@H](OCc2ccccc2)[C@H](OCc2ccccc2)[C@H]1OCc1ccccc1. The minimum absolute atomic E-state index is 0.247. The Labute approximate surface area is 289 Å². The Morgan fingerprint density at radius 3 is 1.54 bits per heavy atom. The summed E-state index contributed by atoms with van der Waals surface area (Å²) in [6, 6.07) is 30.6. The van der Waals surface area contributed by atoms with Crippen molar-refractivity contribution in [2.45, 2.75) is 128 Å². The maximum atomic E-state index is 7.11. The van der Waals surface area contributed by atoms with Crippen molar-refractivity contribution in [2.24, 2.45) is 0 Å². The monoisotopic (exact) mass is 676 g/mol. The van der Waals surface area contributed by atoms with Crippen molar-refractivity contribution in [3.8, 4) is 0 Å². The maximum absolute atomic E-state index is 7.11. The lowest BCUT2D eigenvalue weighted by Gasteiger charge is -2.47. The van der Waals surface area contributed by atoms with Gasteiger partial charge >= 0.3 is 8.56 Å². The van der Waals surface area contributed by atoms with Gasteiger partial charge in [0.15, 0.2) is 6.29 Å². The third-order valence-electron chi connectivity index (χ3n) is 9.67. The topological polar surface area (TPSA) is 64.6 Å². The van der Waals surface area contributed by atoms with Gasteiger partial charge in [-0.25, -0.2) is 0 Å². The molecule has 262 valence electrons. The van der Waals surface area contributed by atoms with Crippen LogP contribution in [0.3, 0.4) is 0 Å². The summed E-state index contributed by atoms with van der Waals surface area (Å²) in [7, 11) is -1.03. The fourth-order valence-electron chi connectivity index (χ4n) is 7.03. The lowest BCUT2D eigenvalue weighted by molar-refractivity contribution is -0.321. The van der Waals surface area contributed by atoms with E-state index < -0.39 is 39.3 Å². The van der Waals surface area contributed by atoms with Crippen molar-refractivity contribution in [2.75, 3.05) is 13.7 Å². The second-order valence-corrected chi connectivity index (χ2v) is 18.1. The van der Waals surface area contributed by atoms with Gasteiger partial charge in [0.05, 0.1) is 26.4 Å². The van der Waals surface area contributed by atoms with Gasteiger partial charge < -0.3 is 32.5 Å². The summed E-state index contributed by atoms with van der Waals surface area (Å²) in [6.07, 6.45) is 3.45. The fraction of sp³-hybridized carbons (Fsp3) is 0.550. The molecule has 0 unspecified atom stereocenters. The maximum Gasteiger partial charge on any atom is 0.343 e. The zero-order valence-electron chi connectivity index (χ0n) is 29.5. The summed E-state index contributed by atoms with van der Waals surface area (Å²) in [5, 5.41) is 0. The Hall–Kier alpha value is -2.40. The molecule has 0 aromatic heterocycles. The molecule has 3 aromatic rings. The molecule has 5 rings (SSSR count). The zero-order valence-corrected chi connectivity index (χ0v) is 30.5. The molecule has 0 N–H and O–H groups in total. The second kappa shape index (κ2) is 18.6. The molecule has 2 fully saturated rings. The molecule has 7 nitrogen and oxygen atoms in total. The summed E-state index contributed by atoms with van der Waals surface area (Å²) >= 11 is 0. The zero-order chi connectivity index (χ0) is 33.8. The van der Waals surface area contributed by atoms with Gasteiger partial charge in [-0.05, 0) is 40.6 Å². The molecule has 0 radical (unpaired) electrons. The van der Waals surface area contributed by atoms with E-state index in [1.54, 1.807) is 7.11 Å². The molecule has 5 atom stereocenters. The third-order valence-corrected chi connectivity index (χ3v) is 14.2. The minimum atomic E-state index is -2.69. The molecule has 8 heteroatoms. The van der Waals surface area contributed by atoms with Gasteiger partial charge in [-0.2, -0.15) is 0 Å². The van der Waals surface area contributed by atoms with Crippen LogP contribution in [0.15, 0.2) is 91.0 Å². The van der Waals surface area contributed by atoms with E-state index in [1.807, 2.05) is 54.6 Å². The Morgan fingerprint density at radius 2 is 1.08 bits per heavy atom. The molecule has 3 aromatic carbocycles. The van der Waals surface area contributed by atoms with E-state index in [4.69, 9.17) is 32.5 Å². The molecule has 1 aliphatic heterocycles. The Morgan fingerprint density at radius 1 is 0.625 bits per heavy atom. The number of rotatable bonds is 17. The highest BCUT2D eigenvalue weighted by Gasteiger charge is 2.52. The van der Waals surface area contributed by atoms with Crippen molar-refractivity contribution in [1.82, 2.24) is 0 Å². The van der Waals surface area contributed by atoms with Crippen LogP contribution in [0.1, 0.15) is 76.5 Å². The average Bonchev–Trinajstić information content (AvgIpc) is 3.12. The lowest BCUT2D eigenvalue weighted by atomic mass is 9.98. The quantitative estimate of drug-likeness (QED) is 0.133. The molecule has 48 heavy (non-hydrogen) atoms. The molecule has 1 heterocycles. The van der Waals surface area contributed by atoms with Crippen molar-refractivity contribution in [3.63, 3.8) is 0 Å². The van der Waals surface area contributed by atoms with Gasteiger partial charge in [0.25, 0.3) is 0 Å². The molecular weight excluding hydrogens is 621 g/mol. The van der Waals surface area contributed by atoms with Crippen molar-refractivity contribution in [1.29, 1.82) is 0 Å². The summed E-state index contributed by atoms with van der Waals surface area (Å²) in [5.41, 5.74) is 3.73. The summed E-state index contributed by atoms with van der Waals surface area (Å²) < 4.78 is 47.2. The molecule has 1 saturated carbocycles. The molecule has 0 spiro atoms. The van der Waals surface area contributed by atoms with E-state index in [-0.39, 0.29) is 17.2 Å². The van der Waals surface area contributed by atoms with E-state index in [0.29, 0.717) is 26.4 Å². The van der Waals surface area contributed by atoms with Crippen molar-refractivity contribution >= 4 is 8.56 Å². The largest absolute Gasteiger partial charge is 0.391 e. The van der Waals surface area contributed by atoms with Gasteiger partial charge in [-0.1, -0.05) is 138 Å². The number of ether oxygens (including phenoxy) is 5. The molecule has 0 amide bonds. The highest BCUT2D eigenvalue weighted by Crippen LogP contribution is 2.39. The third kappa shape index (κ3) is 9.85. The number of hydrogen-bond donors (Lipinski definition) is 0. The Bertz CT molecular complexity index is 1290. The van der Waals surface area contributed by atoms with Gasteiger partial charge in [0.2, 0.25) is 0 Å². The van der Waals surface area contributed by atoms with Crippen LogP contribution in [0, 0.1) is 0 Å². The Kier molecular flexibility index (Phi) is 14.2. The molecule has 0 bridgehead atoms. The first-order valence-corrected chi connectivity index (χ1v) is 19.8.